The monoisotopic (exact) mass is 393 g/mol. The molecule has 0 atom stereocenters. The van der Waals surface area contributed by atoms with Crippen molar-refractivity contribution in [3.05, 3.63) is 91.0 Å². The van der Waals surface area contributed by atoms with Gasteiger partial charge < -0.3 is 10.3 Å². The van der Waals surface area contributed by atoms with Gasteiger partial charge in [0.15, 0.2) is 0 Å². The molecule has 0 aliphatic carbocycles. The van der Waals surface area contributed by atoms with E-state index in [1.165, 1.54) is 4.68 Å². The van der Waals surface area contributed by atoms with Gasteiger partial charge in [-0.1, -0.05) is 30.3 Å². The lowest BCUT2D eigenvalue weighted by molar-refractivity contribution is 0.0945. The Kier molecular flexibility index (Phi) is 4.37. The van der Waals surface area contributed by atoms with Crippen LogP contribution in [0, 0.1) is 0 Å². The summed E-state index contributed by atoms with van der Waals surface area (Å²) in [7, 11) is 1.90. The third kappa shape index (κ3) is 3.14. The number of fused-ring (bicyclic) bond motifs is 1. The summed E-state index contributed by atoms with van der Waals surface area (Å²) in [6.45, 7) is 0. The Morgan fingerprint density at radius 2 is 1.77 bits per heavy atom. The van der Waals surface area contributed by atoms with Gasteiger partial charge in [0, 0.05) is 59.0 Å². The highest BCUT2D eigenvalue weighted by Crippen LogP contribution is 2.31. The fourth-order valence-electron chi connectivity index (χ4n) is 3.52. The summed E-state index contributed by atoms with van der Waals surface area (Å²) in [5.41, 5.74) is 6.38. The van der Waals surface area contributed by atoms with Crippen molar-refractivity contribution < 1.29 is 4.79 Å². The van der Waals surface area contributed by atoms with Crippen LogP contribution in [0.3, 0.4) is 0 Å². The highest BCUT2D eigenvalue weighted by atomic mass is 16.2. The first-order valence-electron chi connectivity index (χ1n) is 9.63. The number of anilines is 1. The number of aromatic nitrogens is 4. The molecule has 0 spiro atoms. The maximum Gasteiger partial charge on any atom is 0.278 e. The fraction of sp³-hybridized carbons (Fsp3) is 0.0417. The number of carbonyl (C=O) groups excluding carboxylic acids is 1. The van der Waals surface area contributed by atoms with E-state index < -0.39 is 0 Å². The second-order valence-corrected chi connectivity index (χ2v) is 6.99. The molecule has 30 heavy (non-hydrogen) atoms. The first-order valence-corrected chi connectivity index (χ1v) is 9.63. The lowest BCUT2D eigenvalue weighted by Gasteiger charge is -2.05. The number of aromatic amines is 1. The number of carbonyl (C=O) groups is 1. The summed E-state index contributed by atoms with van der Waals surface area (Å²) in [5.74, 6) is -0.162. The molecule has 0 aliphatic rings. The summed E-state index contributed by atoms with van der Waals surface area (Å²) in [6, 6.07) is 19.5. The van der Waals surface area contributed by atoms with Crippen molar-refractivity contribution >= 4 is 22.6 Å². The molecule has 3 aromatic heterocycles. The lowest BCUT2D eigenvalue weighted by Crippen LogP contribution is -2.11. The number of pyridine rings is 1. The van der Waals surface area contributed by atoms with E-state index in [0.29, 0.717) is 5.56 Å². The largest absolute Gasteiger partial charge is 0.388 e. The van der Waals surface area contributed by atoms with Gasteiger partial charge in [-0.05, 0) is 35.9 Å². The molecular formula is C24H19N5O. The van der Waals surface area contributed by atoms with E-state index in [0.717, 1.165) is 39.0 Å². The SMILES string of the molecule is CNc1ccc(-c2cnc3[nH]cc(-c4cnn(C(=O)c5ccccc5)c4)c3c2)cc1. The predicted molar refractivity (Wildman–Crippen MR) is 118 cm³/mol. The molecule has 146 valence electrons. The van der Waals surface area contributed by atoms with E-state index in [1.807, 2.05) is 49.8 Å². The van der Waals surface area contributed by atoms with Crippen LogP contribution in [-0.2, 0) is 0 Å². The summed E-state index contributed by atoms with van der Waals surface area (Å²) >= 11 is 0. The fourth-order valence-corrected chi connectivity index (χ4v) is 3.52. The molecule has 0 saturated carbocycles. The second kappa shape index (κ2) is 7.33. The maximum atomic E-state index is 12.7. The third-order valence-corrected chi connectivity index (χ3v) is 5.16. The van der Waals surface area contributed by atoms with Crippen LogP contribution >= 0.6 is 0 Å². The number of nitrogens with zero attached hydrogens (tertiary/aromatic N) is 3. The van der Waals surface area contributed by atoms with Gasteiger partial charge in [-0.15, -0.1) is 0 Å². The summed E-state index contributed by atoms with van der Waals surface area (Å²) < 4.78 is 1.37. The normalized spacial score (nSPS) is 11.0. The molecule has 0 radical (unpaired) electrons. The molecule has 0 bridgehead atoms. The van der Waals surface area contributed by atoms with Crippen LogP contribution in [0.1, 0.15) is 10.4 Å². The Hall–Kier alpha value is -4.19. The number of nitrogens with one attached hydrogen (secondary N) is 2. The number of H-pyrrole nitrogens is 1. The molecule has 2 N–H and O–H groups in total. The zero-order valence-electron chi connectivity index (χ0n) is 16.3. The molecule has 5 aromatic rings. The van der Waals surface area contributed by atoms with Crippen molar-refractivity contribution in [3.63, 3.8) is 0 Å². The average molecular weight is 393 g/mol. The van der Waals surface area contributed by atoms with Crippen LogP contribution in [0.2, 0.25) is 0 Å². The molecule has 0 fully saturated rings. The Bertz CT molecular complexity index is 1330. The zero-order valence-corrected chi connectivity index (χ0v) is 16.3. The molecule has 6 nitrogen and oxygen atoms in total. The minimum absolute atomic E-state index is 0.162. The lowest BCUT2D eigenvalue weighted by atomic mass is 10.0. The number of hydrogen-bond acceptors (Lipinski definition) is 4. The molecule has 2 aromatic carbocycles. The van der Waals surface area contributed by atoms with Gasteiger partial charge in [0.05, 0.1) is 6.20 Å². The summed E-state index contributed by atoms with van der Waals surface area (Å²) in [5, 5.41) is 8.39. The molecule has 0 aliphatic heterocycles. The minimum atomic E-state index is -0.162. The van der Waals surface area contributed by atoms with E-state index in [1.54, 1.807) is 24.5 Å². The van der Waals surface area contributed by atoms with Crippen LogP contribution in [0.15, 0.2) is 85.5 Å². The van der Waals surface area contributed by atoms with E-state index in [4.69, 9.17) is 0 Å². The molecule has 0 unspecified atom stereocenters. The summed E-state index contributed by atoms with van der Waals surface area (Å²) in [6.07, 6.45) is 7.23. The standard InChI is InChI=1S/C24H19N5O/c1-25-20-9-7-16(8-10-20)18-11-21-22(14-27-23(21)26-12-18)19-13-28-29(15-19)24(30)17-5-3-2-4-6-17/h2-15,25H,1H3,(H,26,27). The van der Waals surface area contributed by atoms with Crippen LogP contribution in [0.25, 0.3) is 33.3 Å². The van der Waals surface area contributed by atoms with E-state index in [2.05, 4.69) is 38.6 Å². The van der Waals surface area contributed by atoms with Crippen LogP contribution in [0.4, 0.5) is 5.69 Å². The Balaban J connectivity index is 1.52. The first kappa shape index (κ1) is 17.9. The number of rotatable bonds is 4. The van der Waals surface area contributed by atoms with Gasteiger partial charge in [-0.2, -0.15) is 5.10 Å². The van der Waals surface area contributed by atoms with Crippen molar-refractivity contribution in [2.45, 2.75) is 0 Å². The van der Waals surface area contributed by atoms with Crippen molar-refractivity contribution in [3.8, 4) is 22.3 Å². The Labute approximate surface area is 173 Å². The van der Waals surface area contributed by atoms with Gasteiger partial charge in [-0.25, -0.2) is 9.67 Å². The van der Waals surface area contributed by atoms with Gasteiger partial charge >= 0.3 is 0 Å². The van der Waals surface area contributed by atoms with Gasteiger partial charge in [0.1, 0.15) is 5.65 Å². The molecular weight excluding hydrogens is 374 g/mol. The topological polar surface area (TPSA) is 75.6 Å². The van der Waals surface area contributed by atoms with E-state index >= 15 is 0 Å². The second-order valence-electron chi connectivity index (χ2n) is 6.99. The van der Waals surface area contributed by atoms with Crippen molar-refractivity contribution in [2.75, 3.05) is 12.4 Å². The van der Waals surface area contributed by atoms with E-state index in [-0.39, 0.29) is 5.91 Å². The van der Waals surface area contributed by atoms with Gasteiger partial charge in [-0.3, -0.25) is 4.79 Å². The highest BCUT2D eigenvalue weighted by molar-refractivity contribution is 5.98. The molecule has 5 rings (SSSR count). The Morgan fingerprint density at radius 1 is 0.967 bits per heavy atom. The number of benzene rings is 2. The minimum Gasteiger partial charge on any atom is -0.388 e. The van der Waals surface area contributed by atoms with Crippen molar-refractivity contribution in [1.29, 1.82) is 0 Å². The predicted octanol–water partition coefficient (Wildman–Crippen LogP) is 4.82. The number of hydrogen-bond donors (Lipinski definition) is 2. The Morgan fingerprint density at radius 3 is 2.53 bits per heavy atom. The quantitative estimate of drug-likeness (QED) is 0.459. The third-order valence-electron chi connectivity index (χ3n) is 5.16. The maximum absolute atomic E-state index is 12.7. The van der Waals surface area contributed by atoms with Gasteiger partial charge in [0.2, 0.25) is 0 Å². The van der Waals surface area contributed by atoms with Crippen LogP contribution in [-0.4, -0.2) is 32.7 Å². The summed E-state index contributed by atoms with van der Waals surface area (Å²) in [4.78, 5) is 20.4. The molecule has 0 amide bonds. The molecule has 3 heterocycles. The average Bonchev–Trinajstić information content (AvgIpc) is 3.46. The van der Waals surface area contributed by atoms with Crippen LogP contribution in [0.5, 0.6) is 0 Å². The van der Waals surface area contributed by atoms with Crippen molar-refractivity contribution in [1.82, 2.24) is 19.7 Å². The highest BCUT2D eigenvalue weighted by Gasteiger charge is 2.14. The van der Waals surface area contributed by atoms with Crippen LogP contribution < -0.4 is 5.32 Å². The molecule has 0 saturated heterocycles. The molecule has 6 heteroatoms. The first-order chi connectivity index (χ1) is 14.7. The van der Waals surface area contributed by atoms with Crippen molar-refractivity contribution in [2.24, 2.45) is 0 Å². The zero-order chi connectivity index (χ0) is 20.5. The van der Waals surface area contributed by atoms with E-state index in [9.17, 15) is 4.79 Å². The van der Waals surface area contributed by atoms with Gasteiger partial charge in [0.25, 0.3) is 5.91 Å². The smallest absolute Gasteiger partial charge is 0.278 e.